The predicted octanol–water partition coefficient (Wildman–Crippen LogP) is 1.86. The third kappa shape index (κ3) is 2.26. The molecule has 3 heterocycles. The zero-order chi connectivity index (χ0) is 13.4. The van der Waals surface area contributed by atoms with Crippen molar-refractivity contribution in [3.8, 4) is 0 Å². The van der Waals surface area contributed by atoms with Crippen molar-refractivity contribution in [1.82, 2.24) is 25.1 Å². The molecule has 1 aliphatic carbocycles. The van der Waals surface area contributed by atoms with Crippen LogP contribution in [0, 0.1) is 0 Å². The normalized spacial score (nSPS) is 20.3. The molecular formula is C14H18N6. The standard InChI is InChI=1S/C14H18N6/c1-6-15-14(16-7-1)20-8-4-11(5-9-20)13-17-12(18-19-13)10-2-3-10/h1,6-7,10-11H,2-5,8-9H2,(H,17,18,19). The van der Waals surface area contributed by atoms with E-state index in [0.717, 1.165) is 43.5 Å². The van der Waals surface area contributed by atoms with E-state index in [-0.39, 0.29) is 0 Å². The third-order valence-electron chi connectivity index (χ3n) is 4.18. The van der Waals surface area contributed by atoms with Crippen molar-refractivity contribution >= 4 is 5.95 Å². The second kappa shape index (κ2) is 4.85. The molecule has 2 aliphatic rings. The van der Waals surface area contributed by atoms with Gasteiger partial charge in [0, 0.05) is 37.3 Å². The summed E-state index contributed by atoms with van der Waals surface area (Å²) >= 11 is 0. The molecule has 1 N–H and O–H groups in total. The molecule has 0 amide bonds. The zero-order valence-electron chi connectivity index (χ0n) is 11.4. The van der Waals surface area contributed by atoms with Gasteiger partial charge in [0.05, 0.1) is 0 Å². The summed E-state index contributed by atoms with van der Waals surface area (Å²) in [5.74, 6) is 4.05. The molecule has 0 atom stereocenters. The van der Waals surface area contributed by atoms with Gasteiger partial charge in [-0.05, 0) is 31.7 Å². The van der Waals surface area contributed by atoms with Crippen LogP contribution in [0.4, 0.5) is 5.95 Å². The molecule has 4 rings (SSSR count). The highest BCUT2D eigenvalue weighted by molar-refractivity contribution is 5.29. The molecule has 1 saturated heterocycles. The number of piperidine rings is 1. The number of aromatic amines is 1. The molecule has 104 valence electrons. The molecule has 0 unspecified atom stereocenters. The van der Waals surface area contributed by atoms with E-state index in [0.29, 0.717) is 11.8 Å². The second-order valence-corrected chi connectivity index (χ2v) is 5.66. The van der Waals surface area contributed by atoms with Gasteiger partial charge < -0.3 is 4.90 Å². The molecule has 0 spiro atoms. The van der Waals surface area contributed by atoms with Crippen LogP contribution in [0.5, 0.6) is 0 Å². The fourth-order valence-electron chi connectivity index (χ4n) is 2.80. The van der Waals surface area contributed by atoms with Crippen molar-refractivity contribution < 1.29 is 0 Å². The number of nitrogens with zero attached hydrogens (tertiary/aromatic N) is 5. The minimum absolute atomic E-state index is 0.495. The number of nitrogens with one attached hydrogen (secondary N) is 1. The number of H-pyrrole nitrogens is 1. The predicted molar refractivity (Wildman–Crippen MR) is 74.6 cm³/mol. The van der Waals surface area contributed by atoms with E-state index >= 15 is 0 Å². The van der Waals surface area contributed by atoms with Crippen LogP contribution in [-0.4, -0.2) is 38.2 Å². The minimum Gasteiger partial charge on any atom is -0.341 e. The number of anilines is 1. The summed E-state index contributed by atoms with van der Waals surface area (Å²) in [6, 6.07) is 1.85. The Labute approximate surface area is 117 Å². The molecular weight excluding hydrogens is 252 g/mol. The monoisotopic (exact) mass is 270 g/mol. The van der Waals surface area contributed by atoms with Gasteiger partial charge in [0.25, 0.3) is 0 Å². The van der Waals surface area contributed by atoms with Crippen molar-refractivity contribution in [3.05, 3.63) is 30.1 Å². The Balaban J connectivity index is 1.41. The first-order chi connectivity index (χ1) is 9.90. The van der Waals surface area contributed by atoms with Gasteiger partial charge >= 0.3 is 0 Å². The first kappa shape index (κ1) is 11.8. The molecule has 1 aliphatic heterocycles. The minimum atomic E-state index is 0.495. The Morgan fingerprint density at radius 3 is 2.45 bits per heavy atom. The maximum atomic E-state index is 4.68. The second-order valence-electron chi connectivity index (χ2n) is 5.66. The van der Waals surface area contributed by atoms with Crippen LogP contribution < -0.4 is 4.90 Å². The number of hydrogen-bond acceptors (Lipinski definition) is 5. The summed E-state index contributed by atoms with van der Waals surface area (Å²) < 4.78 is 0. The van der Waals surface area contributed by atoms with Gasteiger partial charge in [-0.1, -0.05) is 0 Å². The molecule has 0 aromatic carbocycles. The lowest BCUT2D eigenvalue weighted by atomic mass is 9.96. The maximum Gasteiger partial charge on any atom is 0.225 e. The lowest BCUT2D eigenvalue weighted by molar-refractivity contribution is 0.481. The first-order valence-corrected chi connectivity index (χ1v) is 7.34. The molecule has 1 saturated carbocycles. The van der Waals surface area contributed by atoms with Gasteiger partial charge in [-0.15, -0.1) is 0 Å². The molecule has 6 nitrogen and oxygen atoms in total. The average Bonchev–Trinajstić information content (AvgIpc) is 3.26. The van der Waals surface area contributed by atoms with Crippen LogP contribution in [0.1, 0.15) is 49.2 Å². The summed E-state index contributed by atoms with van der Waals surface area (Å²) in [5.41, 5.74) is 0. The zero-order valence-corrected chi connectivity index (χ0v) is 11.4. The Bertz CT molecular complexity index is 568. The van der Waals surface area contributed by atoms with E-state index in [4.69, 9.17) is 0 Å². The Kier molecular flexibility index (Phi) is 2.86. The summed E-state index contributed by atoms with van der Waals surface area (Å²) in [4.78, 5) is 15.6. The van der Waals surface area contributed by atoms with Gasteiger partial charge in [0.1, 0.15) is 5.82 Å². The topological polar surface area (TPSA) is 70.6 Å². The van der Waals surface area contributed by atoms with Crippen LogP contribution in [-0.2, 0) is 0 Å². The highest BCUT2D eigenvalue weighted by Gasteiger charge is 2.30. The van der Waals surface area contributed by atoms with Gasteiger partial charge in [-0.3, -0.25) is 5.10 Å². The quantitative estimate of drug-likeness (QED) is 0.921. The van der Waals surface area contributed by atoms with Crippen molar-refractivity contribution in [3.63, 3.8) is 0 Å². The van der Waals surface area contributed by atoms with Crippen molar-refractivity contribution in [2.45, 2.75) is 37.5 Å². The summed E-state index contributed by atoms with van der Waals surface area (Å²) in [7, 11) is 0. The highest BCUT2D eigenvalue weighted by atomic mass is 15.3. The molecule has 2 aromatic rings. The maximum absolute atomic E-state index is 4.68. The fraction of sp³-hybridized carbons (Fsp3) is 0.571. The van der Waals surface area contributed by atoms with Crippen molar-refractivity contribution in [2.24, 2.45) is 0 Å². The van der Waals surface area contributed by atoms with Crippen LogP contribution in [0.15, 0.2) is 18.5 Å². The van der Waals surface area contributed by atoms with Gasteiger partial charge in [-0.25, -0.2) is 15.0 Å². The highest BCUT2D eigenvalue weighted by Crippen LogP contribution is 2.38. The van der Waals surface area contributed by atoms with E-state index in [1.807, 2.05) is 6.07 Å². The lowest BCUT2D eigenvalue weighted by Crippen LogP contribution is -2.34. The van der Waals surface area contributed by atoms with E-state index in [1.165, 1.54) is 12.8 Å². The fourth-order valence-corrected chi connectivity index (χ4v) is 2.80. The largest absolute Gasteiger partial charge is 0.341 e. The number of hydrogen-bond donors (Lipinski definition) is 1. The van der Waals surface area contributed by atoms with Gasteiger partial charge in [0.2, 0.25) is 5.95 Å². The molecule has 20 heavy (non-hydrogen) atoms. The van der Waals surface area contributed by atoms with E-state index in [1.54, 1.807) is 12.4 Å². The van der Waals surface area contributed by atoms with E-state index < -0.39 is 0 Å². The molecule has 2 aromatic heterocycles. The smallest absolute Gasteiger partial charge is 0.225 e. The van der Waals surface area contributed by atoms with Crippen molar-refractivity contribution in [2.75, 3.05) is 18.0 Å². The van der Waals surface area contributed by atoms with Crippen LogP contribution in [0.25, 0.3) is 0 Å². The summed E-state index contributed by atoms with van der Waals surface area (Å²) in [6.45, 7) is 1.96. The number of aromatic nitrogens is 5. The first-order valence-electron chi connectivity index (χ1n) is 7.34. The van der Waals surface area contributed by atoms with E-state index in [2.05, 4.69) is 30.0 Å². The lowest BCUT2D eigenvalue weighted by Gasteiger charge is -2.30. The Morgan fingerprint density at radius 2 is 1.75 bits per heavy atom. The summed E-state index contributed by atoms with van der Waals surface area (Å²) in [6.07, 6.45) is 8.26. The van der Waals surface area contributed by atoms with Crippen molar-refractivity contribution in [1.29, 1.82) is 0 Å². The third-order valence-corrected chi connectivity index (χ3v) is 4.18. The Hall–Kier alpha value is -1.98. The molecule has 0 bridgehead atoms. The van der Waals surface area contributed by atoms with Crippen LogP contribution in [0.3, 0.4) is 0 Å². The number of rotatable bonds is 3. The molecule has 2 fully saturated rings. The average molecular weight is 270 g/mol. The SMILES string of the molecule is c1cnc(N2CCC(c3nc(C4CC4)n[nH]3)CC2)nc1. The summed E-state index contributed by atoms with van der Waals surface area (Å²) in [5, 5.41) is 7.50. The van der Waals surface area contributed by atoms with Crippen LogP contribution >= 0.6 is 0 Å². The molecule has 6 heteroatoms. The van der Waals surface area contributed by atoms with Gasteiger partial charge in [-0.2, -0.15) is 5.10 Å². The van der Waals surface area contributed by atoms with Crippen LogP contribution in [0.2, 0.25) is 0 Å². The van der Waals surface area contributed by atoms with E-state index in [9.17, 15) is 0 Å². The molecule has 0 radical (unpaired) electrons. The Morgan fingerprint density at radius 1 is 1.00 bits per heavy atom. The van der Waals surface area contributed by atoms with Gasteiger partial charge in [0.15, 0.2) is 5.82 Å².